The van der Waals surface area contributed by atoms with Gasteiger partial charge in [0.15, 0.2) is 0 Å². The van der Waals surface area contributed by atoms with Crippen LogP contribution in [0.4, 0.5) is 0 Å². The number of phenolic OH excluding ortho intramolecular Hbond substituents is 1. The van der Waals surface area contributed by atoms with Gasteiger partial charge < -0.3 is 10.2 Å². The zero-order valence-electron chi connectivity index (χ0n) is 9.70. The largest absolute Gasteiger partial charge is 0.508 e. The Morgan fingerprint density at radius 3 is 2.40 bits per heavy atom. The van der Waals surface area contributed by atoms with E-state index in [1.165, 1.54) is 0 Å². The Kier molecular flexibility index (Phi) is 3.75. The third-order valence-corrected chi connectivity index (χ3v) is 2.74. The van der Waals surface area contributed by atoms with Crippen LogP contribution in [-0.4, -0.2) is 16.8 Å². The van der Waals surface area contributed by atoms with Gasteiger partial charge in [-0.1, -0.05) is 32.9 Å². The summed E-state index contributed by atoms with van der Waals surface area (Å²) in [7, 11) is 0. The second-order valence-electron chi connectivity index (χ2n) is 5.03. The van der Waals surface area contributed by atoms with E-state index in [2.05, 4.69) is 20.8 Å². The van der Waals surface area contributed by atoms with Crippen LogP contribution in [0.3, 0.4) is 0 Å². The van der Waals surface area contributed by atoms with Crippen LogP contribution >= 0.6 is 0 Å². The molecule has 0 heterocycles. The number of aromatic hydroxyl groups is 1. The van der Waals surface area contributed by atoms with Gasteiger partial charge in [-0.15, -0.1) is 0 Å². The molecule has 1 atom stereocenters. The smallest absolute Gasteiger partial charge is 0.115 e. The molecule has 0 aliphatic heterocycles. The average molecular weight is 208 g/mol. The predicted molar refractivity (Wildman–Crippen MR) is 62.0 cm³/mol. The van der Waals surface area contributed by atoms with Crippen molar-refractivity contribution in [2.24, 2.45) is 5.41 Å². The zero-order valence-corrected chi connectivity index (χ0v) is 9.70. The van der Waals surface area contributed by atoms with Crippen LogP contribution < -0.4 is 0 Å². The number of hydrogen-bond acceptors (Lipinski definition) is 2. The van der Waals surface area contributed by atoms with Gasteiger partial charge >= 0.3 is 0 Å². The molecule has 15 heavy (non-hydrogen) atoms. The lowest BCUT2D eigenvalue weighted by Gasteiger charge is -2.30. The first-order valence-electron chi connectivity index (χ1n) is 5.35. The van der Waals surface area contributed by atoms with E-state index in [4.69, 9.17) is 5.11 Å². The summed E-state index contributed by atoms with van der Waals surface area (Å²) >= 11 is 0. The van der Waals surface area contributed by atoms with Gasteiger partial charge in [-0.3, -0.25) is 0 Å². The maximum absolute atomic E-state index is 9.43. The average Bonchev–Trinajstić information content (AvgIpc) is 2.12. The molecule has 0 aliphatic carbocycles. The molecule has 0 amide bonds. The zero-order chi connectivity index (χ0) is 11.5. The van der Waals surface area contributed by atoms with Crippen LogP contribution in [0.1, 0.15) is 38.7 Å². The summed E-state index contributed by atoms with van der Waals surface area (Å²) in [6, 6.07) is 7.31. The Hall–Kier alpha value is -1.02. The van der Waals surface area contributed by atoms with Gasteiger partial charge in [0.05, 0.1) is 0 Å². The molecule has 2 nitrogen and oxygen atoms in total. The molecule has 0 saturated carbocycles. The molecule has 2 heteroatoms. The van der Waals surface area contributed by atoms with E-state index < -0.39 is 0 Å². The third kappa shape index (κ3) is 3.24. The summed E-state index contributed by atoms with van der Waals surface area (Å²) < 4.78 is 0. The highest BCUT2D eigenvalue weighted by Gasteiger charge is 2.25. The standard InChI is InChI=1S/C13H20O2/c1-13(2,3)12(7-8-14)10-5-4-6-11(15)9-10/h4-6,9,12,14-15H,7-8H2,1-3H3. The minimum atomic E-state index is 0.0938. The van der Waals surface area contributed by atoms with Gasteiger partial charge in [0.2, 0.25) is 0 Å². The third-order valence-electron chi connectivity index (χ3n) is 2.74. The normalized spacial score (nSPS) is 13.9. The molecule has 1 rings (SSSR count). The quantitative estimate of drug-likeness (QED) is 0.801. The summed E-state index contributed by atoms with van der Waals surface area (Å²) in [6.45, 7) is 6.63. The van der Waals surface area contributed by atoms with Crippen LogP contribution in [0.15, 0.2) is 24.3 Å². The van der Waals surface area contributed by atoms with Gasteiger partial charge in [0.1, 0.15) is 5.75 Å². The van der Waals surface area contributed by atoms with E-state index in [1.54, 1.807) is 12.1 Å². The minimum Gasteiger partial charge on any atom is -0.508 e. The predicted octanol–water partition coefficient (Wildman–Crippen LogP) is 2.90. The summed E-state index contributed by atoms with van der Waals surface area (Å²) in [6.07, 6.45) is 0.729. The maximum Gasteiger partial charge on any atom is 0.115 e. The van der Waals surface area contributed by atoms with Crippen molar-refractivity contribution in [2.75, 3.05) is 6.61 Å². The lowest BCUT2D eigenvalue weighted by atomic mass is 9.75. The van der Waals surface area contributed by atoms with Crippen LogP contribution in [0.2, 0.25) is 0 Å². The van der Waals surface area contributed by atoms with Crippen LogP contribution in [0, 0.1) is 5.41 Å². The van der Waals surface area contributed by atoms with Crippen molar-refractivity contribution in [2.45, 2.75) is 33.1 Å². The first-order chi connectivity index (χ1) is 6.95. The van der Waals surface area contributed by atoms with E-state index in [0.29, 0.717) is 5.75 Å². The minimum absolute atomic E-state index is 0.0938. The first-order valence-corrected chi connectivity index (χ1v) is 5.35. The monoisotopic (exact) mass is 208 g/mol. The molecule has 0 spiro atoms. The lowest BCUT2D eigenvalue weighted by molar-refractivity contribution is 0.223. The molecular weight excluding hydrogens is 188 g/mol. The summed E-state index contributed by atoms with van der Waals surface area (Å²) in [5, 5.41) is 18.5. The number of aliphatic hydroxyl groups excluding tert-OH is 1. The van der Waals surface area contributed by atoms with Crippen LogP contribution in [-0.2, 0) is 0 Å². The molecule has 1 aromatic carbocycles. The molecule has 0 aliphatic rings. The second-order valence-corrected chi connectivity index (χ2v) is 5.03. The molecule has 0 aromatic heterocycles. The topological polar surface area (TPSA) is 40.5 Å². The molecule has 0 radical (unpaired) electrons. The maximum atomic E-state index is 9.43. The van der Waals surface area contributed by atoms with Gasteiger partial charge in [0, 0.05) is 6.61 Å². The summed E-state index contributed by atoms with van der Waals surface area (Å²) in [5.74, 6) is 0.564. The SMILES string of the molecule is CC(C)(C)C(CCO)c1cccc(O)c1. The summed E-state index contributed by atoms with van der Waals surface area (Å²) in [5.41, 5.74) is 1.19. The lowest BCUT2D eigenvalue weighted by Crippen LogP contribution is -2.19. The highest BCUT2D eigenvalue weighted by atomic mass is 16.3. The first kappa shape index (κ1) is 12.1. The number of benzene rings is 1. The van der Waals surface area contributed by atoms with E-state index in [-0.39, 0.29) is 17.9 Å². The Balaban J connectivity index is 2.99. The number of hydrogen-bond donors (Lipinski definition) is 2. The molecule has 2 N–H and O–H groups in total. The van der Waals surface area contributed by atoms with Crippen molar-refractivity contribution in [1.82, 2.24) is 0 Å². The summed E-state index contributed by atoms with van der Waals surface area (Å²) in [4.78, 5) is 0. The second kappa shape index (κ2) is 4.67. The molecule has 1 unspecified atom stereocenters. The van der Waals surface area contributed by atoms with Crippen LogP contribution in [0.25, 0.3) is 0 Å². The van der Waals surface area contributed by atoms with Gasteiger partial charge in [0.25, 0.3) is 0 Å². The van der Waals surface area contributed by atoms with Gasteiger partial charge in [-0.2, -0.15) is 0 Å². The highest BCUT2D eigenvalue weighted by molar-refractivity contribution is 5.30. The van der Waals surface area contributed by atoms with Gasteiger partial charge in [-0.25, -0.2) is 0 Å². The number of phenols is 1. The molecular formula is C13H20O2. The van der Waals surface area contributed by atoms with Crippen molar-refractivity contribution in [1.29, 1.82) is 0 Å². The van der Waals surface area contributed by atoms with Crippen molar-refractivity contribution >= 4 is 0 Å². The van der Waals surface area contributed by atoms with E-state index in [1.807, 2.05) is 12.1 Å². The Labute approximate surface area is 91.6 Å². The Morgan fingerprint density at radius 1 is 1.27 bits per heavy atom. The van der Waals surface area contributed by atoms with Crippen LogP contribution in [0.5, 0.6) is 5.75 Å². The fourth-order valence-corrected chi connectivity index (χ4v) is 1.97. The molecule has 0 bridgehead atoms. The fraction of sp³-hybridized carbons (Fsp3) is 0.538. The van der Waals surface area contributed by atoms with Gasteiger partial charge in [-0.05, 0) is 35.4 Å². The molecule has 0 saturated heterocycles. The fourth-order valence-electron chi connectivity index (χ4n) is 1.97. The molecule has 84 valence electrons. The van der Waals surface area contributed by atoms with Crippen molar-refractivity contribution in [3.8, 4) is 5.75 Å². The Bertz CT molecular complexity index is 313. The molecule has 0 fully saturated rings. The van der Waals surface area contributed by atoms with E-state index in [0.717, 1.165) is 12.0 Å². The number of aliphatic hydroxyl groups is 1. The van der Waals surface area contributed by atoms with Crippen molar-refractivity contribution in [3.63, 3.8) is 0 Å². The van der Waals surface area contributed by atoms with Crippen molar-refractivity contribution < 1.29 is 10.2 Å². The van der Waals surface area contributed by atoms with E-state index >= 15 is 0 Å². The number of rotatable bonds is 3. The Morgan fingerprint density at radius 2 is 1.93 bits per heavy atom. The molecule has 1 aromatic rings. The highest BCUT2D eigenvalue weighted by Crippen LogP contribution is 2.38. The van der Waals surface area contributed by atoms with E-state index in [9.17, 15) is 5.11 Å². The van der Waals surface area contributed by atoms with Crippen molar-refractivity contribution in [3.05, 3.63) is 29.8 Å².